The van der Waals surface area contributed by atoms with E-state index in [1.807, 2.05) is 0 Å². The van der Waals surface area contributed by atoms with E-state index in [2.05, 4.69) is 24.3 Å². The third-order valence-electron chi connectivity index (χ3n) is 4.53. The molecule has 3 nitrogen and oxygen atoms in total. The van der Waals surface area contributed by atoms with Crippen molar-refractivity contribution < 1.29 is 9.50 Å². The fourth-order valence-electron chi connectivity index (χ4n) is 3.06. The molecule has 1 aromatic rings. The Morgan fingerprint density at radius 1 is 1.25 bits per heavy atom. The number of aliphatic hydroxyl groups is 1. The number of halogens is 1. The largest absolute Gasteiger partial charge is 0.387 e. The minimum Gasteiger partial charge on any atom is -0.387 e. The van der Waals surface area contributed by atoms with Gasteiger partial charge in [-0.25, -0.2) is 4.39 Å². The number of benzene rings is 1. The lowest BCUT2D eigenvalue weighted by atomic mass is 9.96. The second-order valence-corrected chi connectivity index (χ2v) is 6.02. The van der Waals surface area contributed by atoms with E-state index >= 15 is 0 Å². The molecule has 1 atom stereocenters. The zero-order chi connectivity index (χ0) is 14.6. The summed E-state index contributed by atoms with van der Waals surface area (Å²) in [6.45, 7) is 1.39. The predicted molar refractivity (Wildman–Crippen MR) is 79.1 cm³/mol. The second-order valence-electron chi connectivity index (χ2n) is 6.02. The van der Waals surface area contributed by atoms with E-state index in [4.69, 9.17) is 0 Å². The number of rotatable bonds is 6. The second kappa shape index (κ2) is 6.66. The fraction of sp³-hybridized carbons (Fsp3) is 0.625. The van der Waals surface area contributed by atoms with Crippen molar-refractivity contribution in [2.24, 2.45) is 0 Å². The molecule has 0 radical (unpaired) electrons. The molecule has 0 amide bonds. The molecule has 2 rings (SSSR count). The van der Waals surface area contributed by atoms with Crippen LogP contribution in [0, 0.1) is 5.82 Å². The van der Waals surface area contributed by atoms with Crippen molar-refractivity contribution in [3.8, 4) is 0 Å². The van der Waals surface area contributed by atoms with Gasteiger partial charge in [0.15, 0.2) is 0 Å². The number of aliphatic hydroxyl groups excluding tert-OH is 1. The maximum Gasteiger partial charge on any atom is 0.123 e. The Bertz CT molecular complexity index is 413. The van der Waals surface area contributed by atoms with Gasteiger partial charge in [0.25, 0.3) is 0 Å². The third kappa shape index (κ3) is 3.57. The van der Waals surface area contributed by atoms with Crippen molar-refractivity contribution in [2.75, 3.05) is 27.2 Å². The number of nitrogens with zero attached hydrogens (tertiary/aromatic N) is 1. The average molecular weight is 280 g/mol. The van der Waals surface area contributed by atoms with Crippen LogP contribution in [0.3, 0.4) is 0 Å². The molecule has 2 N–H and O–H groups in total. The molecule has 0 spiro atoms. The van der Waals surface area contributed by atoms with Crippen molar-refractivity contribution in [1.29, 1.82) is 0 Å². The van der Waals surface area contributed by atoms with Crippen LogP contribution in [-0.4, -0.2) is 42.7 Å². The van der Waals surface area contributed by atoms with E-state index in [0.717, 1.165) is 12.1 Å². The minimum absolute atomic E-state index is 0.225. The zero-order valence-corrected chi connectivity index (χ0v) is 12.4. The van der Waals surface area contributed by atoms with Crippen molar-refractivity contribution in [1.82, 2.24) is 10.2 Å². The molecule has 0 bridgehead atoms. The first-order valence-corrected chi connectivity index (χ1v) is 7.35. The van der Waals surface area contributed by atoms with Crippen molar-refractivity contribution in [3.05, 3.63) is 35.6 Å². The van der Waals surface area contributed by atoms with Gasteiger partial charge in [-0.15, -0.1) is 0 Å². The Balaban J connectivity index is 1.84. The summed E-state index contributed by atoms with van der Waals surface area (Å²) in [5.74, 6) is -0.272. The van der Waals surface area contributed by atoms with Gasteiger partial charge in [-0.1, -0.05) is 25.0 Å². The van der Waals surface area contributed by atoms with Crippen LogP contribution in [0.15, 0.2) is 24.3 Å². The first kappa shape index (κ1) is 15.4. The van der Waals surface area contributed by atoms with Gasteiger partial charge in [-0.3, -0.25) is 0 Å². The summed E-state index contributed by atoms with van der Waals surface area (Å²) in [5.41, 5.74) is 0.979. The first-order chi connectivity index (χ1) is 9.53. The molecule has 0 saturated heterocycles. The third-order valence-corrected chi connectivity index (χ3v) is 4.53. The zero-order valence-electron chi connectivity index (χ0n) is 12.4. The van der Waals surface area contributed by atoms with E-state index in [1.165, 1.54) is 37.8 Å². The average Bonchev–Trinajstić information content (AvgIpc) is 2.89. The lowest BCUT2D eigenvalue weighted by molar-refractivity contribution is 0.134. The summed E-state index contributed by atoms with van der Waals surface area (Å²) in [6, 6.07) is 6.05. The molecular formula is C16H25FN2O. The highest BCUT2D eigenvalue weighted by atomic mass is 19.1. The van der Waals surface area contributed by atoms with E-state index in [-0.39, 0.29) is 11.4 Å². The summed E-state index contributed by atoms with van der Waals surface area (Å²) in [7, 11) is 4.26. The van der Waals surface area contributed by atoms with Crippen LogP contribution in [0.2, 0.25) is 0 Å². The molecule has 1 fully saturated rings. The van der Waals surface area contributed by atoms with Crippen LogP contribution in [0.1, 0.15) is 37.4 Å². The summed E-state index contributed by atoms with van der Waals surface area (Å²) in [5, 5.41) is 13.5. The fourth-order valence-corrected chi connectivity index (χ4v) is 3.06. The van der Waals surface area contributed by atoms with Crippen LogP contribution in [0.5, 0.6) is 0 Å². The van der Waals surface area contributed by atoms with E-state index < -0.39 is 6.10 Å². The summed E-state index contributed by atoms with van der Waals surface area (Å²) < 4.78 is 12.8. The highest BCUT2D eigenvalue weighted by Gasteiger charge is 2.35. The predicted octanol–water partition coefficient (Wildman–Crippen LogP) is 2.32. The highest BCUT2D eigenvalue weighted by molar-refractivity contribution is 5.18. The highest BCUT2D eigenvalue weighted by Crippen LogP contribution is 2.33. The van der Waals surface area contributed by atoms with Crippen LogP contribution < -0.4 is 5.32 Å². The maximum absolute atomic E-state index is 12.8. The first-order valence-electron chi connectivity index (χ1n) is 7.35. The van der Waals surface area contributed by atoms with Crippen molar-refractivity contribution >= 4 is 0 Å². The summed E-state index contributed by atoms with van der Waals surface area (Å²) in [4.78, 5) is 2.30. The Morgan fingerprint density at radius 3 is 2.40 bits per heavy atom. The quantitative estimate of drug-likeness (QED) is 0.839. The number of likely N-dealkylation sites (N-methyl/N-ethyl adjacent to an activating group) is 1. The molecule has 1 saturated carbocycles. The Hall–Kier alpha value is -0.970. The topological polar surface area (TPSA) is 35.5 Å². The SMILES string of the molecule is CN(C)C1(CNCC(O)c2ccc(F)cc2)CCCC1. The number of hydrogen-bond donors (Lipinski definition) is 2. The van der Waals surface area contributed by atoms with Gasteiger partial charge < -0.3 is 15.3 Å². The van der Waals surface area contributed by atoms with Crippen LogP contribution in [0.25, 0.3) is 0 Å². The molecule has 1 unspecified atom stereocenters. The molecule has 0 aromatic heterocycles. The Labute approximate surface area is 120 Å². The van der Waals surface area contributed by atoms with Crippen LogP contribution in [0.4, 0.5) is 4.39 Å². The molecule has 1 aliphatic carbocycles. The normalized spacial score (nSPS) is 19.4. The van der Waals surface area contributed by atoms with Crippen molar-refractivity contribution in [2.45, 2.75) is 37.3 Å². The lowest BCUT2D eigenvalue weighted by Crippen LogP contribution is -2.50. The van der Waals surface area contributed by atoms with E-state index in [9.17, 15) is 9.50 Å². The molecule has 1 aromatic carbocycles. The standard InChI is InChI=1S/C16H25FN2O/c1-19(2)16(9-3-4-10-16)12-18-11-15(20)13-5-7-14(17)8-6-13/h5-8,15,18,20H,3-4,9-12H2,1-2H3. The van der Waals surface area contributed by atoms with Crippen molar-refractivity contribution in [3.63, 3.8) is 0 Å². The van der Waals surface area contributed by atoms with Gasteiger partial charge in [-0.05, 0) is 44.6 Å². The van der Waals surface area contributed by atoms with Gasteiger partial charge in [0.2, 0.25) is 0 Å². The summed E-state index contributed by atoms with van der Waals surface area (Å²) >= 11 is 0. The van der Waals surface area contributed by atoms with E-state index in [1.54, 1.807) is 12.1 Å². The van der Waals surface area contributed by atoms with Gasteiger partial charge in [-0.2, -0.15) is 0 Å². The molecular weight excluding hydrogens is 255 g/mol. The minimum atomic E-state index is -0.587. The monoisotopic (exact) mass is 280 g/mol. The Kier molecular flexibility index (Phi) is 5.13. The van der Waals surface area contributed by atoms with Gasteiger partial charge in [0, 0.05) is 18.6 Å². The molecule has 0 heterocycles. The Morgan fingerprint density at radius 2 is 1.85 bits per heavy atom. The molecule has 112 valence electrons. The van der Waals surface area contributed by atoms with E-state index in [0.29, 0.717) is 6.54 Å². The van der Waals surface area contributed by atoms with Gasteiger partial charge in [0.1, 0.15) is 5.82 Å². The van der Waals surface area contributed by atoms with Crippen LogP contribution in [-0.2, 0) is 0 Å². The molecule has 20 heavy (non-hydrogen) atoms. The number of nitrogens with one attached hydrogen (secondary N) is 1. The molecule has 4 heteroatoms. The molecule has 1 aliphatic rings. The van der Waals surface area contributed by atoms with Gasteiger partial charge >= 0.3 is 0 Å². The number of hydrogen-bond acceptors (Lipinski definition) is 3. The maximum atomic E-state index is 12.8. The molecule has 0 aliphatic heterocycles. The van der Waals surface area contributed by atoms with Gasteiger partial charge in [0.05, 0.1) is 6.10 Å². The smallest absolute Gasteiger partial charge is 0.123 e. The summed E-state index contributed by atoms with van der Waals surface area (Å²) in [6.07, 6.45) is 4.39. The van der Waals surface area contributed by atoms with Crippen LogP contribution >= 0.6 is 0 Å². The lowest BCUT2D eigenvalue weighted by Gasteiger charge is -2.37.